The average molecular weight is 848 g/mol. The second kappa shape index (κ2) is 19.2. The first-order valence-corrected chi connectivity index (χ1v) is 20.2. The quantitative estimate of drug-likeness (QED) is 0.154. The molecule has 0 spiro atoms. The molecule has 2 aromatic rings. The molecule has 14 nitrogen and oxygen atoms in total. The molecular formula is C42H52Cl2N2O12. The topological polar surface area (TPSA) is 164 Å². The lowest BCUT2D eigenvalue weighted by Crippen LogP contribution is -2.54. The molecule has 16 heteroatoms. The molecule has 4 fully saturated rings. The Kier molecular flexibility index (Phi) is 14.9. The first-order valence-electron chi connectivity index (χ1n) is 19.4. The summed E-state index contributed by atoms with van der Waals surface area (Å²) in [6, 6.07) is 14.1. The van der Waals surface area contributed by atoms with Crippen molar-refractivity contribution in [1.29, 1.82) is 0 Å². The number of hydrogen-bond acceptors (Lipinski definition) is 12. The molecule has 6 rings (SSSR count). The molecule has 316 valence electrons. The van der Waals surface area contributed by atoms with Crippen molar-refractivity contribution in [3.63, 3.8) is 0 Å². The Labute approximate surface area is 348 Å². The molecule has 2 aliphatic carbocycles. The maximum Gasteiger partial charge on any atom is 0.413 e. The zero-order chi connectivity index (χ0) is 42.1. The standard InChI is InChI=1S/2C21H26ClNO6/c2*1-20(12-27-13-20)11-18(25)28-14-29-19(26)23(2)21(10-6-5-9-17(21)24)15-7-3-4-8-16(15)22/h2*3-4,7-8H,5-6,9-14H2,1-2H3/t2*21-/m10/s1. The monoisotopic (exact) mass is 846 g/mol. The minimum absolute atomic E-state index is 0.0776. The third-order valence-electron chi connectivity index (χ3n) is 11.4. The Balaban J connectivity index is 0.000000221. The van der Waals surface area contributed by atoms with Crippen molar-refractivity contribution in [2.24, 2.45) is 10.8 Å². The minimum atomic E-state index is -1.19. The minimum Gasteiger partial charge on any atom is -0.428 e. The zero-order valence-electron chi connectivity index (χ0n) is 33.5. The lowest BCUT2D eigenvalue weighted by Gasteiger charge is -2.43. The predicted molar refractivity (Wildman–Crippen MR) is 211 cm³/mol. The van der Waals surface area contributed by atoms with Gasteiger partial charge in [0.15, 0.2) is 11.6 Å². The van der Waals surface area contributed by atoms with Gasteiger partial charge in [-0.3, -0.25) is 29.0 Å². The van der Waals surface area contributed by atoms with Crippen LogP contribution in [0.5, 0.6) is 0 Å². The number of carbonyl (C=O) groups excluding carboxylic acids is 6. The van der Waals surface area contributed by atoms with Crippen molar-refractivity contribution in [3.05, 3.63) is 69.7 Å². The number of Topliss-reactive ketones (excluding diaryl/α,β-unsaturated/α-hetero) is 2. The smallest absolute Gasteiger partial charge is 0.413 e. The normalized spacial score (nSPS) is 23.1. The summed E-state index contributed by atoms with van der Waals surface area (Å²) >= 11 is 12.8. The van der Waals surface area contributed by atoms with E-state index in [1.54, 1.807) is 48.5 Å². The first kappa shape index (κ1) is 44.9. The van der Waals surface area contributed by atoms with Gasteiger partial charge in [-0.25, -0.2) is 9.59 Å². The lowest BCUT2D eigenvalue weighted by atomic mass is 9.74. The highest BCUT2D eigenvalue weighted by molar-refractivity contribution is 6.32. The van der Waals surface area contributed by atoms with Gasteiger partial charge in [-0.05, 0) is 50.7 Å². The number of hydrogen-bond donors (Lipinski definition) is 0. The number of amides is 2. The van der Waals surface area contributed by atoms with Crippen LogP contribution in [0, 0.1) is 10.8 Å². The SMILES string of the molecule is CN(C(=O)OCOC(=O)CC1(C)COC1)[C@@]1(c2ccccc2Cl)CCCCC1=O.CN(C(=O)OCOC(=O)CC1(C)COC1)[C@]1(c2ccccc2Cl)CCCCC1=O. The van der Waals surface area contributed by atoms with Crippen LogP contribution in [0.15, 0.2) is 48.5 Å². The molecule has 0 radical (unpaired) electrons. The highest BCUT2D eigenvalue weighted by Gasteiger charge is 2.50. The van der Waals surface area contributed by atoms with Gasteiger partial charge in [-0.2, -0.15) is 0 Å². The van der Waals surface area contributed by atoms with Gasteiger partial charge in [-0.15, -0.1) is 0 Å². The van der Waals surface area contributed by atoms with Crippen molar-refractivity contribution >= 4 is 58.9 Å². The fourth-order valence-corrected chi connectivity index (χ4v) is 8.54. The summed E-state index contributed by atoms with van der Waals surface area (Å²) in [6.07, 6.45) is 3.65. The molecule has 2 saturated heterocycles. The number of esters is 2. The van der Waals surface area contributed by atoms with Crippen molar-refractivity contribution in [3.8, 4) is 0 Å². The fourth-order valence-electron chi connectivity index (χ4n) is 7.96. The number of halogens is 2. The lowest BCUT2D eigenvalue weighted by molar-refractivity contribution is -0.167. The molecule has 0 aromatic heterocycles. The van der Waals surface area contributed by atoms with Gasteiger partial charge in [-0.1, -0.05) is 73.4 Å². The summed E-state index contributed by atoms with van der Waals surface area (Å²) in [5, 5.41) is 0.842. The van der Waals surface area contributed by atoms with E-state index in [9.17, 15) is 28.8 Å². The van der Waals surface area contributed by atoms with Crippen LogP contribution in [-0.4, -0.2) is 99.6 Å². The molecule has 0 N–H and O–H groups in total. The van der Waals surface area contributed by atoms with Gasteiger partial charge in [0.1, 0.15) is 11.1 Å². The van der Waals surface area contributed by atoms with Gasteiger partial charge >= 0.3 is 24.1 Å². The Hall–Kier alpha value is -4.24. The molecular weight excluding hydrogens is 795 g/mol. The maximum atomic E-state index is 13.0. The number of carbonyl (C=O) groups is 6. The van der Waals surface area contributed by atoms with Crippen LogP contribution in [0.25, 0.3) is 0 Å². The van der Waals surface area contributed by atoms with Crippen LogP contribution in [0.1, 0.15) is 89.2 Å². The van der Waals surface area contributed by atoms with Crippen LogP contribution < -0.4 is 0 Å². The molecule has 2 atom stereocenters. The summed E-state index contributed by atoms with van der Waals surface area (Å²) in [5.74, 6) is -1.07. The van der Waals surface area contributed by atoms with E-state index >= 15 is 0 Å². The molecule has 2 aliphatic heterocycles. The van der Waals surface area contributed by atoms with E-state index in [0.29, 0.717) is 73.3 Å². The van der Waals surface area contributed by atoms with Crippen molar-refractivity contribution in [1.82, 2.24) is 9.80 Å². The van der Waals surface area contributed by atoms with Crippen LogP contribution in [-0.2, 0) is 58.7 Å². The number of likely N-dealkylation sites (N-methyl/N-ethyl adjacent to an activating group) is 2. The summed E-state index contributed by atoms with van der Waals surface area (Å²) < 4.78 is 30.6. The molecule has 2 heterocycles. The molecule has 2 amide bonds. The molecule has 58 heavy (non-hydrogen) atoms. The van der Waals surface area contributed by atoms with E-state index < -0.39 is 48.8 Å². The van der Waals surface area contributed by atoms with Gasteiger partial charge in [0.25, 0.3) is 0 Å². The Morgan fingerprint density at radius 1 is 0.603 bits per heavy atom. The molecule has 0 unspecified atom stereocenters. The van der Waals surface area contributed by atoms with Gasteiger partial charge in [0.2, 0.25) is 13.6 Å². The number of nitrogens with zero attached hydrogens (tertiary/aromatic N) is 2. The van der Waals surface area contributed by atoms with Crippen molar-refractivity contribution in [2.45, 2.75) is 89.1 Å². The van der Waals surface area contributed by atoms with Gasteiger partial charge in [0.05, 0.1) is 39.3 Å². The third-order valence-corrected chi connectivity index (χ3v) is 12.0. The predicted octanol–water partition coefficient (Wildman–Crippen LogP) is 7.35. The van der Waals surface area contributed by atoms with Crippen LogP contribution in [0.3, 0.4) is 0 Å². The van der Waals surface area contributed by atoms with Crippen LogP contribution in [0.4, 0.5) is 9.59 Å². The summed E-state index contributed by atoms with van der Waals surface area (Å²) in [7, 11) is 3.03. The van der Waals surface area contributed by atoms with Gasteiger partial charge in [0, 0.05) is 58.9 Å². The second-order valence-electron chi connectivity index (χ2n) is 16.1. The number of rotatable bonds is 12. The van der Waals surface area contributed by atoms with E-state index in [1.807, 2.05) is 13.8 Å². The molecule has 2 aromatic carbocycles. The Morgan fingerprint density at radius 2 is 0.966 bits per heavy atom. The third kappa shape index (κ3) is 9.95. The maximum absolute atomic E-state index is 13.0. The molecule has 4 aliphatic rings. The number of ketones is 2. The first-order chi connectivity index (χ1) is 27.6. The zero-order valence-corrected chi connectivity index (χ0v) is 35.0. The highest BCUT2D eigenvalue weighted by Crippen LogP contribution is 2.44. The Bertz CT molecular complexity index is 1720. The largest absolute Gasteiger partial charge is 0.428 e. The van der Waals surface area contributed by atoms with E-state index in [2.05, 4.69) is 0 Å². The summed E-state index contributed by atoms with van der Waals surface area (Å²) in [4.78, 5) is 77.8. The van der Waals surface area contributed by atoms with Crippen molar-refractivity contribution < 1.29 is 57.2 Å². The summed E-state index contributed by atoms with van der Waals surface area (Å²) in [5.41, 5.74) is -1.65. The second-order valence-corrected chi connectivity index (χ2v) is 16.9. The van der Waals surface area contributed by atoms with Gasteiger partial charge < -0.3 is 28.4 Å². The fraction of sp³-hybridized carbons (Fsp3) is 0.571. The number of benzene rings is 2. The van der Waals surface area contributed by atoms with Crippen molar-refractivity contribution in [2.75, 3.05) is 54.1 Å². The average Bonchev–Trinajstić information content (AvgIpc) is 3.17. The van der Waals surface area contributed by atoms with Crippen LogP contribution in [0.2, 0.25) is 10.0 Å². The van der Waals surface area contributed by atoms with Crippen LogP contribution >= 0.6 is 23.2 Å². The molecule has 0 bridgehead atoms. The highest BCUT2D eigenvalue weighted by atomic mass is 35.5. The van der Waals surface area contributed by atoms with E-state index in [1.165, 1.54) is 23.9 Å². The van der Waals surface area contributed by atoms with E-state index in [0.717, 1.165) is 25.7 Å². The van der Waals surface area contributed by atoms with E-state index in [-0.39, 0.29) is 35.2 Å². The summed E-state index contributed by atoms with van der Waals surface area (Å²) in [6.45, 7) is 4.87. The number of ether oxygens (including phenoxy) is 6. The van der Waals surface area contributed by atoms with E-state index in [4.69, 9.17) is 51.6 Å². The molecule has 2 saturated carbocycles. The Morgan fingerprint density at radius 3 is 1.28 bits per heavy atom.